The highest BCUT2D eigenvalue weighted by atomic mass is 32.1. The third-order valence-electron chi connectivity index (χ3n) is 6.76. The largest absolute Gasteiger partial charge is 0.379 e. The molecule has 9 nitrogen and oxygen atoms in total. The molecule has 2 saturated heterocycles. The summed E-state index contributed by atoms with van der Waals surface area (Å²) in [4.78, 5) is 11.8. The molecule has 0 amide bonds. The molecule has 4 N–H and O–H groups in total. The first kappa shape index (κ1) is 22.3. The number of nitrogens with one attached hydrogen (secondary N) is 4. The molecule has 5 heterocycles. The average molecular weight is 469 g/mol. The number of methoxy groups -OCH3 is 1. The molecular weight excluding hydrogens is 436 g/mol. The Morgan fingerprint density at radius 2 is 2.06 bits per heavy atom. The van der Waals surface area contributed by atoms with Crippen molar-refractivity contribution in [3.05, 3.63) is 10.9 Å². The van der Waals surface area contributed by atoms with Gasteiger partial charge in [0.05, 0.1) is 18.1 Å². The fraction of sp³-hybridized carbons (Fsp3) is 0.652. The van der Waals surface area contributed by atoms with Crippen LogP contribution in [0.25, 0.3) is 10.2 Å². The van der Waals surface area contributed by atoms with Crippen molar-refractivity contribution in [2.75, 3.05) is 17.7 Å². The highest BCUT2D eigenvalue weighted by Gasteiger charge is 2.35. The number of piperidine rings is 2. The molecule has 5 atom stereocenters. The summed E-state index contributed by atoms with van der Waals surface area (Å²) in [5, 5.41) is 25.2. The van der Waals surface area contributed by atoms with Crippen molar-refractivity contribution in [3.8, 4) is 6.07 Å². The van der Waals surface area contributed by atoms with Gasteiger partial charge < -0.3 is 26.1 Å². The predicted molar refractivity (Wildman–Crippen MR) is 131 cm³/mol. The molecule has 0 aliphatic carbocycles. The molecule has 2 aromatic heterocycles. The molecule has 2 bridgehead atoms. The van der Waals surface area contributed by atoms with Crippen LogP contribution in [0.5, 0.6) is 0 Å². The van der Waals surface area contributed by atoms with Gasteiger partial charge in [-0.25, -0.2) is 4.98 Å². The van der Waals surface area contributed by atoms with E-state index >= 15 is 0 Å². The summed E-state index contributed by atoms with van der Waals surface area (Å²) in [6, 6.07) is 6.07. The first-order valence-electron chi connectivity index (χ1n) is 11.9. The van der Waals surface area contributed by atoms with Crippen molar-refractivity contribution < 1.29 is 4.74 Å². The predicted octanol–water partition coefficient (Wildman–Crippen LogP) is 3.56. The second-order valence-corrected chi connectivity index (χ2v) is 10.7. The maximum atomic E-state index is 8.93. The lowest BCUT2D eigenvalue weighted by molar-refractivity contribution is 0.171. The average Bonchev–Trinajstić information content (AvgIpc) is 3.37. The normalized spacial score (nSPS) is 28.8. The van der Waals surface area contributed by atoms with Crippen LogP contribution in [0.3, 0.4) is 0 Å². The number of thiophene rings is 1. The number of aromatic nitrogens is 2. The van der Waals surface area contributed by atoms with E-state index in [4.69, 9.17) is 20.0 Å². The van der Waals surface area contributed by atoms with Crippen LogP contribution in [0.1, 0.15) is 56.7 Å². The number of amidine groups is 1. The first-order valence-corrected chi connectivity index (χ1v) is 12.7. The van der Waals surface area contributed by atoms with E-state index in [0.29, 0.717) is 49.1 Å². The molecule has 10 heteroatoms. The van der Waals surface area contributed by atoms with Gasteiger partial charge in [-0.05, 0) is 51.0 Å². The minimum Gasteiger partial charge on any atom is -0.379 e. The Hall–Kier alpha value is -2.48. The smallest absolute Gasteiger partial charge is 0.226 e. The van der Waals surface area contributed by atoms with E-state index in [1.54, 1.807) is 18.4 Å². The van der Waals surface area contributed by atoms with Crippen molar-refractivity contribution in [2.24, 2.45) is 11.0 Å². The van der Waals surface area contributed by atoms with Crippen LogP contribution in [-0.4, -0.2) is 47.1 Å². The molecule has 3 aliphatic heterocycles. The third-order valence-corrected chi connectivity index (χ3v) is 7.76. The van der Waals surface area contributed by atoms with Crippen molar-refractivity contribution in [3.63, 3.8) is 0 Å². The quantitative estimate of drug-likeness (QED) is 0.487. The van der Waals surface area contributed by atoms with E-state index < -0.39 is 0 Å². The SMILES string of the molecule is COCc1cc2c(NC3=NNC(C)C3)nc(N[C@@H]3C[C@H]4CC(CCC#N)C[C@@H](C3)N4)nc2s1. The van der Waals surface area contributed by atoms with Gasteiger partial charge >= 0.3 is 0 Å². The van der Waals surface area contributed by atoms with E-state index in [9.17, 15) is 0 Å². The van der Waals surface area contributed by atoms with Crippen LogP contribution in [0, 0.1) is 17.2 Å². The van der Waals surface area contributed by atoms with Gasteiger partial charge in [0.1, 0.15) is 16.5 Å². The zero-order valence-corrected chi connectivity index (χ0v) is 20.0. The number of fused-ring (bicyclic) bond motifs is 3. The molecule has 5 rings (SSSR count). The Morgan fingerprint density at radius 3 is 2.76 bits per heavy atom. The van der Waals surface area contributed by atoms with Crippen molar-refractivity contribution in [1.82, 2.24) is 20.7 Å². The van der Waals surface area contributed by atoms with E-state index in [0.717, 1.165) is 65.3 Å². The van der Waals surface area contributed by atoms with E-state index in [-0.39, 0.29) is 0 Å². The second kappa shape index (κ2) is 9.79. The maximum Gasteiger partial charge on any atom is 0.226 e. The van der Waals surface area contributed by atoms with E-state index in [1.807, 2.05) is 0 Å². The number of nitrogens with zero attached hydrogens (tertiary/aromatic N) is 4. The number of rotatable bonds is 7. The highest BCUT2D eigenvalue weighted by molar-refractivity contribution is 7.18. The Kier molecular flexibility index (Phi) is 6.62. The summed E-state index contributed by atoms with van der Waals surface area (Å²) >= 11 is 1.65. The lowest BCUT2D eigenvalue weighted by atomic mass is 9.77. The molecular formula is C23H32N8OS. The number of ether oxygens (including phenoxy) is 1. The highest BCUT2D eigenvalue weighted by Crippen LogP contribution is 2.35. The monoisotopic (exact) mass is 468 g/mol. The molecule has 0 spiro atoms. The van der Waals surface area contributed by atoms with Crippen LogP contribution < -0.4 is 21.4 Å². The maximum absolute atomic E-state index is 8.93. The lowest BCUT2D eigenvalue weighted by Crippen LogP contribution is -2.54. The fourth-order valence-corrected chi connectivity index (χ4v) is 6.42. The zero-order chi connectivity index (χ0) is 22.8. The van der Waals surface area contributed by atoms with Gasteiger partial charge in [0.15, 0.2) is 0 Å². The van der Waals surface area contributed by atoms with E-state index in [2.05, 4.69) is 45.5 Å². The molecule has 33 heavy (non-hydrogen) atoms. The Morgan fingerprint density at radius 1 is 1.24 bits per heavy atom. The molecule has 0 aromatic carbocycles. The van der Waals surface area contributed by atoms with Gasteiger partial charge in [0, 0.05) is 49.0 Å². The number of hydrogen-bond donors (Lipinski definition) is 4. The first-order chi connectivity index (χ1) is 16.1. The standard InChI is InChI=1S/C23H32N8OS/c1-13-6-20(31-30-13)27-21-19-11-18(12-32-2)33-22(19)29-23(28-21)26-17-9-15-7-14(4-3-5-24)8-16(10-17)25-15/h11,13-17,25,30H,3-4,6-10,12H2,1-2H3,(H2,26,27,28,29,31)/t13?,14?,15-,16+,17-. The minimum atomic E-state index is 0.320. The van der Waals surface area contributed by atoms with Crippen LogP contribution in [0.15, 0.2) is 11.2 Å². The summed E-state index contributed by atoms with van der Waals surface area (Å²) in [7, 11) is 1.71. The van der Waals surface area contributed by atoms with Gasteiger partial charge in [-0.15, -0.1) is 11.3 Å². The molecule has 2 fully saturated rings. The molecule has 0 saturated carbocycles. The second-order valence-electron chi connectivity index (χ2n) is 9.59. The summed E-state index contributed by atoms with van der Waals surface area (Å²) < 4.78 is 5.34. The lowest BCUT2D eigenvalue weighted by Gasteiger charge is -2.43. The molecule has 2 aromatic rings. The van der Waals surface area contributed by atoms with Gasteiger partial charge in [-0.3, -0.25) is 0 Å². The van der Waals surface area contributed by atoms with E-state index in [1.165, 1.54) is 0 Å². The van der Waals surface area contributed by atoms with Gasteiger partial charge in [0.2, 0.25) is 5.95 Å². The van der Waals surface area contributed by atoms with Crippen molar-refractivity contribution >= 4 is 39.2 Å². The molecule has 176 valence electrons. The van der Waals surface area contributed by atoms with Crippen LogP contribution in [0.2, 0.25) is 0 Å². The number of anilines is 2. The summed E-state index contributed by atoms with van der Waals surface area (Å²) in [6.45, 7) is 2.67. The van der Waals surface area contributed by atoms with Crippen LogP contribution in [0.4, 0.5) is 11.8 Å². The van der Waals surface area contributed by atoms with Crippen molar-refractivity contribution in [2.45, 2.75) is 82.6 Å². The fourth-order valence-electron chi connectivity index (χ4n) is 5.42. The summed E-state index contributed by atoms with van der Waals surface area (Å²) in [5.74, 6) is 3.02. The topological polar surface area (TPSA) is 119 Å². The van der Waals surface area contributed by atoms with Gasteiger partial charge in [0.25, 0.3) is 0 Å². The Labute approximate surface area is 198 Å². The number of hydrogen-bond acceptors (Lipinski definition) is 10. The van der Waals surface area contributed by atoms with Gasteiger partial charge in [-0.2, -0.15) is 15.3 Å². The van der Waals surface area contributed by atoms with Gasteiger partial charge in [-0.1, -0.05) is 0 Å². The summed E-state index contributed by atoms with van der Waals surface area (Å²) in [6.07, 6.45) is 6.94. The molecule has 2 unspecified atom stereocenters. The van der Waals surface area contributed by atoms with Crippen LogP contribution >= 0.6 is 11.3 Å². The zero-order valence-electron chi connectivity index (χ0n) is 19.2. The molecule has 0 radical (unpaired) electrons. The Bertz CT molecular complexity index is 1050. The van der Waals surface area contributed by atoms with Crippen molar-refractivity contribution in [1.29, 1.82) is 5.26 Å². The third kappa shape index (κ3) is 5.21. The molecule has 3 aliphatic rings. The Balaban J connectivity index is 1.33. The summed E-state index contributed by atoms with van der Waals surface area (Å²) in [5.41, 5.74) is 3.11. The van der Waals surface area contributed by atoms with Crippen LogP contribution in [-0.2, 0) is 11.3 Å². The minimum absolute atomic E-state index is 0.320. The number of nitriles is 1. The number of hydrazone groups is 1.